The summed E-state index contributed by atoms with van der Waals surface area (Å²) in [6, 6.07) is 7.18. The Hall–Kier alpha value is -2.12. The molecule has 0 bridgehead atoms. The van der Waals surface area contributed by atoms with E-state index in [1.165, 1.54) is 16.8 Å². The standard InChI is InChI=1S/C16H18N2O4S/c1-11-13(7-9-22-11)16(19)17-15-5-3-4-12-10-18(23(2,20)21)8-6-14(12)15/h3-5,7,9H,6,8,10H2,1-2H3,(H,17,19). The number of furan rings is 1. The van der Waals surface area contributed by atoms with Crippen molar-refractivity contribution in [3.8, 4) is 0 Å². The Labute approximate surface area is 135 Å². The van der Waals surface area contributed by atoms with E-state index in [0.29, 0.717) is 30.8 Å². The van der Waals surface area contributed by atoms with Gasteiger partial charge in [0.25, 0.3) is 5.91 Å². The van der Waals surface area contributed by atoms with E-state index in [9.17, 15) is 13.2 Å². The first kappa shape index (κ1) is 15.8. The summed E-state index contributed by atoms with van der Waals surface area (Å²) in [5.74, 6) is 0.339. The Morgan fingerprint density at radius 2 is 2.09 bits per heavy atom. The third-order valence-corrected chi connectivity index (χ3v) is 5.30. The van der Waals surface area contributed by atoms with Crippen molar-refractivity contribution in [2.24, 2.45) is 0 Å². The molecular weight excluding hydrogens is 316 g/mol. The SMILES string of the molecule is Cc1occc1C(=O)Nc1cccc2c1CCN(S(C)(=O)=O)C2. The highest BCUT2D eigenvalue weighted by atomic mass is 32.2. The fraction of sp³-hybridized carbons (Fsp3) is 0.312. The van der Waals surface area contributed by atoms with E-state index in [-0.39, 0.29) is 5.91 Å². The van der Waals surface area contributed by atoms with Crippen LogP contribution in [0.15, 0.2) is 34.9 Å². The summed E-state index contributed by atoms with van der Waals surface area (Å²) in [6.45, 7) is 2.49. The molecule has 0 radical (unpaired) electrons. The van der Waals surface area contributed by atoms with Gasteiger partial charge in [0.05, 0.1) is 18.1 Å². The number of anilines is 1. The fourth-order valence-corrected chi connectivity index (χ4v) is 3.59. The van der Waals surface area contributed by atoms with Gasteiger partial charge < -0.3 is 9.73 Å². The summed E-state index contributed by atoms with van der Waals surface area (Å²) in [4.78, 5) is 12.3. The summed E-state index contributed by atoms with van der Waals surface area (Å²) >= 11 is 0. The minimum atomic E-state index is -3.21. The minimum absolute atomic E-state index is 0.227. The molecule has 6 nitrogen and oxygen atoms in total. The van der Waals surface area contributed by atoms with Gasteiger partial charge in [-0.2, -0.15) is 4.31 Å². The molecule has 1 aromatic carbocycles. The van der Waals surface area contributed by atoms with Crippen molar-refractivity contribution >= 4 is 21.6 Å². The lowest BCUT2D eigenvalue weighted by molar-refractivity contribution is 0.102. The summed E-state index contributed by atoms with van der Waals surface area (Å²) in [6.07, 6.45) is 3.27. The number of amides is 1. The van der Waals surface area contributed by atoms with Gasteiger partial charge in [0.2, 0.25) is 10.0 Å². The number of carbonyl (C=O) groups is 1. The predicted molar refractivity (Wildman–Crippen MR) is 86.8 cm³/mol. The first-order valence-corrected chi connectivity index (χ1v) is 9.12. The average molecular weight is 334 g/mol. The highest BCUT2D eigenvalue weighted by molar-refractivity contribution is 7.88. The zero-order valence-electron chi connectivity index (χ0n) is 13.0. The van der Waals surface area contributed by atoms with E-state index in [4.69, 9.17) is 4.42 Å². The fourth-order valence-electron chi connectivity index (χ4n) is 2.79. The maximum Gasteiger partial charge on any atom is 0.259 e. The van der Waals surface area contributed by atoms with E-state index in [2.05, 4.69) is 5.32 Å². The number of sulfonamides is 1. The van der Waals surface area contributed by atoms with Gasteiger partial charge in [-0.05, 0) is 36.6 Å². The van der Waals surface area contributed by atoms with Crippen LogP contribution in [-0.2, 0) is 23.0 Å². The molecule has 23 heavy (non-hydrogen) atoms. The maximum absolute atomic E-state index is 12.3. The quantitative estimate of drug-likeness (QED) is 0.933. The summed E-state index contributed by atoms with van der Waals surface area (Å²) in [5, 5.41) is 2.90. The predicted octanol–water partition coefficient (Wildman–Crippen LogP) is 2.16. The lowest BCUT2D eigenvalue weighted by Crippen LogP contribution is -2.35. The van der Waals surface area contributed by atoms with E-state index >= 15 is 0 Å². The smallest absolute Gasteiger partial charge is 0.259 e. The van der Waals surface area contributed by atoms with Crippen molar-refractivity contribution in [1.29, 1.82) is 0 Å². The number of nitrogens with zero attached hydrogens (tertiary/aromatic N) is 1. The van der Waals surface area contributed by atoms with Crippen LogP contribution in [0.4, 0.5) is 5.69 Å². The Balaban J connectivity index is 1.86. The van der Waals surface area contributed by atoms with Gasteiger partial charge in [-0.15, -0.1) is 0 Å². The van der Waals surface area contributed by atoms with Gasteiger partial charge in [0.15, 0.2) is 0 Å². The largest absolute Gasteiger partial charge is 0.469 e. The molecule has 1 aliphatic heterocycles. The second kappa shape index (κ2) is 5.82. The molecule has 1 aromatic heterocycles. The maximum atomic E-state index is 12.3. The zero-order valence-corrected chi connectivity index (χ0v) is 13.8. The van der Waals surface area contributed by atoms with Crippen LogP contribution in [0.2, 0.25) is 0 Å². The highest BCUT2D eigenvalue weighted by Gasteiger charge is 2.25. The van der Waals surface area contributed by atoms with E-state index < -0.39 is 10.0 Å². The van der Waals surface area contributed by atoms with Gasteiger partial charge in [-0.3, -0.25) is 4.79 Å². The van der Waals surface area contributed by atoms with Crippen LogP contribution in [0.5, 0.6) is 0 Å². The number of hydrogen-bond acceptors (Lipinski definition) is 4. The van der Waals surface area contributed by atoms with Crippen molar-refractivity contribution < 1.29 is 17.6 Å². The lowest BCUT2D eigenvalue weighted by atomic mass is 9.99. The van der Waals surface area contributed by atoms with Crippen molar-refractivity contribution in [3.05, 3.63) is 53.0 Å². The number of rotatable bonds is 3. The Bertz CT molecular complexity index is 855. The normalized spacial score (nSPS) is 15.2. The highest BCUT2D eigenvalue weighted by Crippen LogP contribution is 2.28. The van der Waals surface area contributed by atoms with Gasteiger partial charge >= 0.3 is 0 Å². The molecule has 0 spiro atoms. The van der Waals surface area contributed by atoms with Crippen molar-refractivity contribution in [2.45, 2.75) is 19.9 Å². The van der Waals surface area contributed by atoms with Crippen LogP contribution in [0, 0.1) is 6.92 Å². The molecule has 7 heteroatoms. The molecule has 0 unspecified atom stereocenters. The molecule has 3 rings (SSSR count). The first-order chi connectivity index (χ1) is 10.9. The number of hydrogen-bond donors (Lipinski definition) is 1. The molecule has 2 heterocycles. The molecule has 122 valence electrons. The van der Waals surface area contributed by atoms with Crippen LogP contribution < -0.4 is 5.32 Å². The minimum Gasteiger partial charge on any atom is -0.469 e. The molecule has 0 atom stereocenters. The molecule has 1 amide bonds. The number of benzene rings is 1. The summed E-state index contributed by atoms with van der Waals surface area (Å²) in [7, 11) is -3.21. The third-order valence-electron chi connectivity index (χ3n) is 4.05. The van der Waals surface area contributed by atoms with Gasteiger partial charge in [-0.25, -0.2) is 8.42 Å². The summed E-state index contributed by atoms with van der Waals surface area (Å²) < 4.78 is 30.0. The second-order valence-electron chi connectivity index (χ2n) is 5.63. The van der Waals surface area contributed by atoms with Crippen molar-refractivity contribution in [1.82, 2.24) is 4.31 Å². The van der Waals surface area contributed by atoms with Crippen LogP contribution in [0.1, 0.15) is 27.2 Å². The average Bonchev–Trinajstić information content (AvgIpc) is 2.92. The van der Waals surface area contributed by atoms with E-state index in [1.54, 1.807) is 13.0 Å². The van der Waals surface area contributed by atoms with Crippen molar-refractivity contribution in [3.63, 3.8) is 0 Å². The summed E-state index contributed by atoms with van der Waals surface area (Å²) in [5.41, 5.74) is 3.13. The number of aryl methyl sites for hydroxylation is 1. The molecule has 0 saturated carbocycles. The molecular formula is C16H18N2O4S. The van der Waals surface area contributed by atoms with Crippen LogP contribution in [-0.4, -0.2) is 31.4 Å². The molecule has 0 aliphatic carbocycles. The van der Waals surface area contributed by atoms with Gasteiger partial charge in [-0.1, -0.05) is 12.1 Å². The first-order valence-electron chi connectivity index (χ1n) is 7.27. The number of nitrogens with one attached hydrogen (secondary N) is 1. The number of carbonyl (C=O) groups excluding carboxylic acids is 1. The Morgan fingerprint density at radius 1 is 1.30 bits per heavy atom. The Kier molecular flexibility index (Phi) is 3.99. The van der Waals surface area contributed by atoms with E-state index in [0.717, 1.165) is 16.8 Å². The monoisotopic (exact) mass is 334 g/mol. The molecule has 1 N–H and O–H groups in total. The van der Waals surface area contributed by atoms with E-state index in [1.807, 2.05) is 18.2 Å². The molecule has 0 saturated heterocycles. The molecule has 0 fully saturated rings. The van der Waals surface area contributed by atoms with Gasteiger partial charge in [0, 0.05) is 18.8 Å². The topological polar surface area (TPSA) is 79.6 Å². The third kappa shape index (κ3) is 3.16. The lowest BCUT2D eigenvalue weighted by Gasteiger charge is -2.28. The zero-order chi connectivity index (χ0) is 16.6. The Morgan fingerprint density at radius 3 is 2.74 bits per heavy atom. The van der Waals surface area contributed by atoms with Crippen LogP contribution in [0.25, 0.3) is 0 Å². The van der Waals surface area contributed by atoms with Crippen molar-refractivity contribution in [2.75, 3.05) is 18.1 Å². The number of fused-ring (bicyclic) bond motifs is 1. The second-order valence-corrected chi connectivity index (χ2v) is 7.62. The van der Waals surface area contributed by atoms with Gasteiger partial charge in [0.1, 0.15) is 5.76 Å². The molecule has 2 aromatic rings. The van der Waals surface area contributed by atoms with Crippen LogP contribution in [0.3, 0.4) is 0 Å². The molecule has 1 aliphatic rings. The van der Waals surface area contributed by atoms with Crippen LogP contribution >= 0.6 is 0 Å².